The molecule has 44 heavy (non-hydrogen) atoms. The van der Waals surface area contributed by atoms with Crippen LogP contribution in [-0.2, 0) is 26.2 Å². The van der Waals surface area contributed by atoms with Gasteiger partial charge in [0, 0.05) is 19.2 Å². The molecule has 0 spiro atoms. The summed E-state index contributed by atoms with van der Waals surface area (Å²) in [5, 5.41) is 2.89. The summed E-state index contributed by atoms with van der Waals surface area (Å²) in [5.74, 6) is 0.492. The van der Waals surface area contributed by atoms with Crippen molar-refractivity contribution in [1.29, 1.82) is 0 Å². The van der Waals surface area contributed by atoms with E-state index in [2.05, 4.69) is 5.32 Å². The van der Waals surface area contributed by atoms with Crippen LogP contribution in [0.4, 0.5) is 5.69 Å². The summed E-state index contributed by atoms with van der Waals surface area (Å²) in [5.41, 5.74) is 2.07. The van der Waals surface area contributed by atoms with Crippen LogP contribution in [0.2, 0.25) is 0 Å². The zero-order chi connectivity index (χ0) is 32.4. The van der Waals surface area contributed by atoms with Gasteiger partial charge in [-0.2, -0.15) is 0 Å². The van der Waals surface area contributed by atoms with Gasteiger partial charge in [0.25, 0.3) is 10.0 Å². The molecule has 0 saturated heterocycles. The van der Waals surface area contributed by atoms with Crippen molar-refractivity contribution >= 4 is 27.5 Å². The third-order valence-electron chi connectivity index (χ3n) is 6.94. The van der Waals surface area contributed by atoms with E-state index < -0.39 is 28.5 Å². The number of aryl methyl sites for hydroxylation is 1. The van der Waals surface area contributed by atoms with Crippen molar-refractivity contribution in [2.45, 2.75) is 52.1 Å². The van der Waals surface area contributed by atoms with Crippen LogP contribution < -0.4 is 23.8 Å². The van der Waals surface area contributed by atoms with Gasteiger partial charge in [0.05, 0.1) is 31.4 Å². The van der Waals surface area contributed by atoms with Crippen LogP contribution in [0, 0.1) is 12.8 Å². The van der Waals surface area contributed by atoms with Gasteiger partial charge in [0.2, 0.25) is 11.8 Å². The number of amides is 2. The van der Waals surface area contributed by atoms with Crippen molar-refractivity contribution in [1.82, 2.24) is 10.2 Å². The highest BCUT2D eigenvalue weighted by Crippen LogP contribution is 2.33. The minimum atomic E-state index is -4.30. The Hall–Kier alpha value is -4.25. The number of ether oxygens (including phenoxy) is 3. The van der Waals surface area contributed by atoms with Crippen LogP contribution in [0.15, 0.2) is 71.6 Å². The molecule has 1 N–H and O–H groups in total. The summed E-state index contributed by atoms with van der Waals surface area (Å²) >= 11 is 0. The zero-order valence-corrected chi connectivity index (χ0v) is 27.3. The molecular weight excluding hydrogens is 582 g/mol. The van der Waals surface area contributed by atoms with Gasteiger partial charge >= 0.3 is 0 Å². The molecule has 11 heteroatoms. The first kappa shape index (κ1) is 34.2. The number of anilines is 1. The summed E-state index contributed by atoms with van der Waals surface area (Å²) in [4.78, 5) is 28.6. The number of benzene rings is 3. The van der Waals surface area contributed by atoms with Gasteiger partial charge in [-0.25, -0.2) is 8.42 Å². The molecule has 0 fully saturated rings. The fourth-order valence-corrected chi connectivity index (χ4v) is 5.98. The van der Waals surface area contributed by atoms with E-state index >= 15 is 0 Å². The number of rotatable bonds is 15. The van der Waals surface area contributed by atoms with Crippen molar-refractivity contribution in [3.8, 4) is 17.2 Å². The number of nitrogens with zero attached hydrogens (tertiary/aromatic N) is 2. The minimum Gasteiger partial charge on any atom is -0.494 e. The van der Waals surface area contributed by atoms with Crippen LogP contribution in [0.3, 0.4) is 0 Å². The Morgan fingerprint density at radius 1 is 0.909 bits per heavy atom. The molecule has 2 amide bonds. The van der Waals surface area contributed by atoms with Gasteiger partial charge in [0.15, 0.2) is 11.5 Å². The van der Waals surface area contributed by atoms with E-state index in [0.29, 0.717) is 24.7 Å². The normalized spacial score (nSPS) is 11.9. The fourth-order valence-electron chi connectivity index (χ4n) is 4.55. The highest BCUT2D eigenvalue weighted by atomic mass is 32.2. The number of carbonyl (C=O) groups excluding carboxylic acids is 2. The Kier molecular flexibility index (Phi) is 12.0. The number of nitrogens with one attached hydrogen (secondary N) is 1. The summed E-state index contributed by atoms with van der Waals surface area (Å²) in [7, 11) is -1.43. The molecule has 10 nitrogen and oxygen atoms in total. The Morgan fingerprint density at radius 3 is 2.18 bits per heavy atom. The molecule has 1 atom stereocenters. The molecule has 238 valence electrons. The van der Waals surface area contributed by atoms with E-state index in [1.807, 2.05) is 52.0 Å². The molecule has 0 bridgehead atoms. The maximum absolute atomic E-state index is 14.2. The molecule has 3 rings (SSSR count). The summed E-state index contributed by atoms with van der Waals surface area (Å²) in [6, 6.07) is 17.5. The van der Waals surface area contributed by atoms with Gasteiger partial charge in [0.1, 0.15) is 18.3 Å². The lowest BCUT2D eigenvalue weighted by Crippen LogP contribution is -2.51. The van der Waals surface area contributed by atoms with E-state index in [0.717, 1.165) is 15.4 Å². The molecule has 3 aromatic carbocycles. The third kappa shape index (κ3) is 8.66. The maximum Gasteiger partial charge on any atom is 0.264 e. The maximum atomic E-state index is 14.2. The largest absolute Gasteiger partial charge is 0.494 e. The van der Waals surface area contributed by atoms with Crippen molar-refractivity contribution in [3.05, 3.63) is 77.9 Å². The minimum absolute atomic E-state index is 0.0928. The molecule has 0 aliphatic heterocycles. The highest BCUT2D eigenvalue weighted by molar-refractivity contribution is 7.92. The Morgan fingerprint density at radius 2 is 1.59 bits per heavy atom. The number of carbonyl (C=O) groups is 2. The monoisotopic (exact) mass is 625 g/mol. The number of hydrogen-bond donors (Lipinski definition) is 1. The molecule has 3 aromatic rings. The smallest absolute Gasteiger partial charge is 0.264 e. The molecule has 0 saturated carbocycles. The lowest BCUT2D eigenvalue weighted by atomic mass is 10.1. The van der Waals surface area contributed by atoms with Crippen LogP contribution >= 0.6 is 0 Å². The fraction of sp³-hybridized carbons (Fsp3) is 0.394. The molecule has 0 radical (unpaired) electrons. The van der Waals surface area contributed by atoms with Gasteiger partial charge in [-0.1, -0.05) is 43.7 Å². The average Bonchev–Trinajstić information content (AvgIpc) is 3.01. The van der Waals surface area contributed by atoms with Crippen LogP contribution in [0.5, 0.6) is 17.2 Å². The predicted octanol–water partition coefficient (Wildman–Crippen LogP) is 4.80. The SMILES string of the molecule is CCOc1ccc(N(CC(=O)N(Cc2cccc(C)c2)C(C)C(=O)NCC(C)C)S(=O)(=O)c2ccc(OC)c(OC)c2)cc1. The van der Waals surface area contributed by atoms with E-state index in [1.165, 1.54) is 37.3 Å². The quantitative estimate of drug-likeness (QED) is 0.258. The topological polar surface area (TPSA) is 114 Å². The molecular formula is C33H43N3O7S. The Labute approximate surface area is 261 Å². The molecule has 0 aromatic heterocycles. The van der Waals surface area contributed by atoms with E-state index in [4.69, 9.17) is 14.2 Å². The molecule has 0 aliphatic carbocycles. The number of hydrogen-bond acceptors (Lipinski definition) is 7. The second kappa shape index (κ2) is 15.5. The first-order valence-corrected chi connectivity index (χ1v) is 16.0. The third-order valence-corrected chi connectivity index (χ3v) is 8.71. The summed E-state index contributed by atoms with van der Waals surface area (Å²) in [6.07, 6.45) is 0. The second-order valence-corrected chi connectivity index (χ2v) is 12.6. The van der Waals surface area contributed by atoms with E-state index in [9.17, 15) is 18.0 Å². The van der Waals surface area contributed by atoms with Crippen molar-refractivity contribution < 1.29 is 32.2 Å². The lowest BCUT2D eigenvalue weighted by Gasteiger charge is -2.32. The summed E-state index contributed by atoms with van der Waals surface area (Å²) in [6.45, 7) is 9.84. The summed E-state index contributed by atoms with van der Waals surface area (Å²) < 4.78 is 45.6. The van der Waals surface area contributed by atoms with Gasteiger partial charge in [-0.15, -0.1) is 0 Å². The lowest BCUT2D eigenvalue weighted by molar-refractivity contribution is -0.139. The van der Waals surface area contributed by atoms with Crippen LogP contribution in [-0.4, -0.2) is 65.1 Å². The number of sulfonamides is 1. The first-order valence-electron chi connectivity index (χ1n) is 14.5. The van der Waals surface area contributed by atoms with Crippen molar-refractivity contribution in [3.63, 3.8) is 0 Å². The average molecular weight is 626 g/mol. The second-order valence-electron chi connectivity index (χ2n) is 10.8. The van der Waals surface area contributed by atoms with Crippen LogP contribution in [0.25, 0.3) is 0 Å². The highest BCUT2D eigenvalue weighted by Gasteiger charge is 2.33. The standard InChI is InChI=1S/C33H43N3O7S/c1-8-43-28-14-12-27(13-15-28)36(44(39,40)29-16-17-30(41-6)31(19-29)42-7)22-32(37)35(21-26-11-9-10-24(4)18-26)25(5)33(38)34-20-23(2)3/h9-19,23,25H,8,20-22H2,1-7H3,(H,34,38). The Balaban J connectivity index is 2.07. The molecule has 0 heterocycles. The van der Waals surface area contributed by atoms with E-state index in [1.54, 1.807) is 31.2 Å². The predicted molar refractivity (Wildman–Crippen MR) is 171 cm³/mol. The van der Waals surface area contributed by atoms with Crippen LogP contribution in [0.1, 0.15) is 38.8 Å². The van der Waals surface area contributed by atoms with Gasteiger partial charge in [-0.05, 0) is 68.7 Å². The van der Waals surface area contributed by atoms with Gasteiger partial charge < -0.3 is 24.4 Å². The molecule has 1 unspecified atom stereocenters. The number of methoxy groups -OCH3 is 2. The first-order chi connectivity index (χ1) is 20.9. The van der Waals surface area contributed by atoms with Crippen molar-refractivity contribution in [2.24, 2.45) is 5.92 Å². The molecule has 0 aliphatic rings. The zero-order valence-electron chi connectivity index (χ0n) is 26.5. The van der Waals surface area contributed by atoms with Crippen molar-refractivity contribution in [2.75, 3.05) is 38.2 Å². The van der Waals surface area contributed by atoms with E-state index in [-0.39, 0.29) is 34.7 Å². The Bertz CT molecular complexity index is 1520. The van der Waals surface area contributed by atoms with Gasteiger partial charge in [-0.3, -0.25) is 13.9 Å².